The highest BCUT2D eigenvalue weighted by atomic mass is 19.4. The lowest BCUT2D eigenvalue weighted by Crippen LogP contribution is -2.34. The number of hydrogen-bond acceptors (Lipinski definition) is 2. The van der Waals surface area contributed by atoms with E-state index in [-0.39, 0.29) is 19.3 Å². The fourth-order valence-corrected chi connectivity index (χ4v) is 2.00. The van der Waals surface area contributed by atoms with Crippen molar-refractivity contribution < 1.29 is 27.4 Å². The SMILES string of the molecule is COC1(F)C=CC=CC1CCC(O)CCC(F)(F)F. The molecule has 1 aliphatic rings. The van der Waals surface area contributed by atoms with Crippen molar-refractivity contribution in [2.45, 2.75) is 43.8 Å². The molecule has 0 saturated heterocycles. The number of allylic oxidation sites excluding steroid dienone is 2. The Balaban J connectivity index is 2.39. The third-order valence-corrected chi connectivity index (χ3v) is 3.17. The Kier molecular flexibility index (Phi) is 5.55. The summed E-state index contributed by atoms with van der Waals surface area (Å²) in [4.78, 5) is 0. The van der Waals surface area contributed by atoms with Crippen LogP contribution in [0.25, 0.3) is 0 Å². The first kappa shape index (κ1) is 16.2. The van der Waals surface area contributed by atoms with Crippen LogP contribution in [0, 0.1) is 5.92 Å². The summed E-state index contributed by atoms with van der Waals surface area (Å²) >= 11 is 0. The molecule has 110 valence electrons. The molecule has 0 amide bonds. The highest BCUT2D eigenvalue weighted by molar-refractivity contribution is 5.18. The fourth-order valence-electron chi connectivity index (χ4n) is 2.00. The summed E-state index contributed by atoms with van der Waals surface area (Å²) in [5.74, 6) is -2.54. The molecule has 0 saturated carbocycles. The number of aliphatic hydroxyl groups excluding tert-OH is 1. The second-order valence-corrected chi connectivity index (χ2v) is 4.64. The standard InChI is InChI=1S/C13H18F4O2/c1-19-12(14)8-3-2-4-10(12)5-6-11(18)7-9-13(15,16)17/h2-4,8,10-11,18H,5-7,9H2,1H3. The van der Waals surface area contributed by atoms with E-state index in [1.807, 2.05) is 0 Å². The lowest BCUT2D eigenvalue weighted by Gasteiger charge is -2.30. The molecular formula is C13H18F4O2. The van der Waals surface area contributed by atoms with Crippen molar-refractivity contribution >= 4 is 0 Å². The van der Waals surface area contributed by atoms with Crippen molar-refractivity contribution in [2.75, 3.05) is 7.11 Å². The van der Waals surface area contributed by atoms with Crippen LogP contribution < -0.4 is 0 Å². The van der Waals surface area contributed by atoms with E-state index in [1.165, 1.54) is 19.3 Å². The average molecular weight is 282 g/mol. The zero-order chi connectivity index (χ0) is 14.5. The predicted molar refractivity (Wildman–Crippen MR) is 63.1 cm³/mol. The Labute approximate surface area is 109 Å². The maximum Gasteiger partial charge on any atom is 0.389 e. The summed E-state index contributed by atoms with van der Waals surface area (Å²) in [6.45, 7) is 0. The van der Waals surface area contributed by atoms with E-state index in [4.69, 9.17) is 4.74 Å². The van der Waals surface area contributed by atoms with Gasteiger partial charge in [0.05, 0.1) is 6.10 Å². The van der Waals surface area contributed by atoms with Gasteiger partial charge in [-0.05, 0) is 25.3 Å². The van der Waals surface area contributed by atoms with E-state index in [1.54, 1.807) is 12.2 Å². The molecule has 3 atom stereocenters. The smallest absolute Gasteiger partial charge is 0.389 e. The van der Waals surface area contributed by atoms with E-state index in [0.717, 1.165) is 0 Å². The Morgan fingerprint density at radius 1 is 1.32 bits per heavy atom. The Morgan fingerprint density at radius 3 is 2.58 bits per heavy atom. The minimum Gasteiger partial charge on any atom is -0.393 e. The average Bonchev–Trinajstić information content (AvgIpc) is 2.34. The first-order valence-electron chi connectivity index (χ1n) is 6.12. The van der Waals surface area contributed by atoms with Crippen molar-refractivity contribution in [3.8, 4) is 0 Å². The van der Waals surface area contributed by atoms with E-state index in [2.05, 4.69) is 0 Å². The van der Waals surface area contributed by atoms with E-state index in [9.17, 15) is 22.7 Å². The molecule has 0 fully saturated rings. The molecule has 0 aromatic carbocycles. The maximum atomic E-state index is 14.2. The summed E-state index contributed by atoms with van der Waals surface area (Å²) < 4.78 is 54.9. The number of rotatable bonds is 6. The Hall–Kier alpha value is -0.880. The van der Waals surface area contributed by atoms with Gasteiger partial charge in [-0.15, -0.1) is 0 Å². The van der Waals surface area contributed by atoms with Crippen molar-refractivity contribution in [3.63, 3.8) is 0 Å². The van der Waals surface area contributed by atoms with Crippen molar-refractivity contribution in [3.05, 3.63) is 24.3 Å². The van der Waals surface area contributed by atoms with Gasteiger partial charge in [0.2, 0.25) is 5.85 Å². The van der Waals surface area contributed by atoms with E-state index < -0.39 is 30.5 Å². The molecule has 1 rings (SSSR count). The second kappa shape index (κ2) is 6.52. The highest BCUT2D eigenvalue weighted by Crippen LogP contribution is 2.33. The van der Waals surface area contributed by atoms with Gasteiger partial charge in [-0.1, -0.05) is 18.2 Å². The largest absolute Gasteiger partial charge is 0.393 e. The van der Waals surface area contributed by atoms with Crippen LogP contribution in [0.1, 0.15) is 25.7 Å². The molecule has 0 spiro atoms. The summed E-state index contributed by atoms with van der Waals surface area (Å²) in [5, 5.41) is 9.48. The molecule has 0 heterocycles. The Morgan fingerprint density at radius 2 is 2.00 bits per heavy atom. The minimum atomic E-state index is -4.27. The van der Waals surface area contributed by atoms with Gasteiger partial charge < -0.3 is 9.84 Å². The molecule has 1 N–H and O–H groups in total. The molecule has 0 aliphatic heterocycles. The second-order valence-electron chi connectivity index (χ2n) is 4.64. The van der Waals surface area contributed by atoms with Crippen molar-refractivity contribution in [2.24, 2.45) is 5.92 Å². The third-order valence-electron chi connectivity index (χ3n) is 3.17. The van der Waals surface area contributed by atoms with Crippen LogP contribution in [0.3, 0.4) is 0 Å². The normalized spacial score (nSPS) is 28.6. The van der Waals surface area contributed by atoms with Crippen LogP contribution in [-0.4, -0.2) is 30.4 Å². The van der Waals surface area contributed by atoms with E-state index >= 15 is 0 Å². The molecular weight excluding hydrogens is 264 g/mol. The first-order valence-corrected chi connectivity index (χ1v) is 6.12. The molecule has 6 heteroatoms. The molecule has 0 radical (unpaired) electrons. The van der Waals surface area contributed by atoms with Crippen LogP contribution in [0.5, 0.6) is 0 Å². The molecule has 0 bridgehead atoms. The summed E-state index contributed by atoms with van der Waals surface area (Å²) in [6, 6.07) is 0. The van der Waals surface area contributed by atoms with Gasteiger partial charge in [-0.3, -0.25) is 0 Å². The van der Waals surface area contributed by atoms with Crippen LogP contribution in [0.4, 0.5) is 17.6 Å². The third kappa shape index (κ3) is 5.32. The fraction of sp³-hybridized carbons (Fsp3) is 0.692. The van der Waals surface area contributed by atoms with Crippen molar-refractivity contribution in [1.82, 2.24) is 0 Å². The number of methoxy groups -OCH3 is 1. The van der Waals surface area contributed by atoms with Gasteiger partial charge in [-0.25, -0.2) is 4.39 Å². The molecule has 1 aliphatic carbocycles. The lowest BCUT2D eigenvalue weighted by molar-refractivity contribution is -0.141. The summed E-state index contributed by atoms with van der Waals surface area (Å²) in [6.07, 6.45) is -0.379. The number of ether oxygens (including phenoxy) is 1. The first-order chi connectivity index (χ1) is 8.77. The van der Waals surface area contributed by atoms with Crippen LogP contribution >= 0.6 is 0 Å². The number of hydrogen-bond donors (Lipinski definition) is 1. The summed E-state index contributed by atoms with van der Waals surface area (Å²) in [7, 11) is 1.23. The van der Waals surface area contributed by atoms with Gasteiger partial charge in [0.1, 0.15) is 0 Å². The van der Waals surface area contributed by atoms with Crippen LogP contribution in [0.15, 0.2) is 24.3 Å². The highest BCUT2D eigenvalue weighted by Gasteiger charge is 2.36. The number of alkyl halides is 4. The van der Waals surface area contributed by atoms with Gasteiger partial charge in [0, 0.05) is 19.4 Å². The van der Waals surface area contributed by atoms with Gasteiger partial charge in [0.25, 0.3) is 0 Å². The molecule has 3 unspecified atom stereocenters. The van der Waals surface area contributed by atoms with Crippen LogP contribution in [0.2, 0.25) is 0 Å². The summed E-state index contributed by atoms with van der Waals surface area (Å²) in [5.41, 5.74) is 0. The van der Waals surface area contributed by atoms with E-state index in [0.29, 0.717) is 0 Å². The van der Waals surface area contributed by atoms with Gasteiger partial charge in [0.15, 0.2) is 0 Å². The lowest BCUT2D eigenvalue weighted by atomic mass is 9.89. The molecule has 0 aromatic heterocycles. The zero-order valence-corrected chi connectivity index (χ0v) is 10.7. The van der Waals surface area contributed by atoms with Gasteiger partial charge >= 0.3 is 6.18 Å². The molecule has 0 aromatic rings. The topological polar surface area (TPSA) is 29.5 Å². The zero-order valence-electron chi connectivity index (χ0n) is 10.7. The van der Waals surface area contributed by atoms with Crippen molar-refractivity contribution in [1.29, 1.82) is 0 Å². The number of halogens is 4. The predicted octanol–water partition coefficient (Wildman–Crippen LogP) is 3.52. The Bertz CT molecular complexity index is 338. The van der Waals surface area contributed by atoms with Crippen LogP contribution in [-0.2, 0) is 4.74 Å². The maximum absolute atomic E-state index is 14.2. The minimum absolute atomic E-state index is 0.105. The monoisotopic (exact) mass is 282 g/mol. The quantitative estimate of drug-likeness (QED) is 0.755. The molecule has 2 nitrogen and oxygen atoms in total. The molecule has 19 heavy (non-hydrogen) atoms. The number of aliphatic hydroxyl groups is 1. The van der Waals surface area contributed by atoms with Gasteiger partial charge in [-0.2, -0.15) is 13.2 Å².